The number of hydrogen-bond donors (Lipinski definition) is 0. The van der Waals surface area contributed by atoms with Gasteiger partial charge in [-0.2, -0.15) is 8.42 Å². The van der Waals surface area contributed by atoms with Gasteiger partial charge in [0.2, 0.25) is 0 Å². The summed E-state index contributed by atoms with van der Waals surface area (Å²) in [6, 6.07) is 0. The van der Waals surface area contributed by atoms with Crippen molar-refractivity contribution in [2.75, 3.05) is 0 Å². The van der Waals surface area contributed by atoms with Crippen molar-refractivity contribution < 1.29 is 12.3 Å². The van der Waals surface area contributed by atoms with Gasteiger partial charge in [0.1, 0.15) is 5.82 Å². The van der Waals surface area contributed by atoms with E-state index in [0.29, 0.717) is 11.7 Å². The monoisotopic (exact) mass is 233 g/mol. The molecule has 84 valence electrons. The van der Waals surface area contributed by atoms with Gasteiger partial charge < -0.3 is 4.57 Å². The number of nitrogens with zero attached hydrogens (tertiary/aromatic N) is 3. The van der Waals surface area contributed by atoms with E-state index in [2.05, 4.69) is 17.1 Å². The first-order valence-corrected chi connectivity index (χ1v) is 6.12. The third-order valence-electron chi connectivity index (χ3n) is 2.83. The summed E-state index contributed by atoms with van der Waals surface area (Å²) in [6.07, 6.45) is 1.91. The van der Waals surface area contributed by atoms with Gasteiger partial charge in [-0.05, 0) is 18.8 Å². The first-order valence-electron chi connectivity index (χ1n) is 4.73. The van der Waals surface area contributed by atoms with Gasteiger partial charge in [0.05, 0.1) is 0 Å². The van der Waals surface area contributed by atoms with E-state index < -0.39 is 15.4 Å². The minimum Gasteiger partial charge on any atom is -0.303 e. The normalized spacial score (nSPS) is 26.3. The maximum absolute atomic E-state index is 12.7. The van der Waals surface area contributed by atoms with Crippen molar-refractivity contribution >= 4 is 10.2 Å². The molecule has 1 aromatic rings. The van der Waals surface area contributed by atoms with Crippen molar-refractivity contribution in [2.45, 2.75) is 30.8 Å². The van der Waals surface area contributed by atoms with Gasteiger partial charge in [0.25, 0.3) is 5.16 Å². The fraction of sp³-hybridized carbons (Fsp3) is 0.750. The number of aromatic nitrogens is 3. The molecule has 1 aliphatic carbocycles. The minimum atomic E-state index is -4.75. The Morgan fingerprint density at radius 2 is 2.00 bits per heavy atom. The summed E-state index contributed by atoms with van der Waals surface area (Å²) < 4.78 is 35.3. The van der Waals surface area contributed by atoms with Crippen LogP contribution in [-0.2, 0) is 17.3 Å². The summed E-state index contributed by atoms with van der Waals surface area (Å²) in [7, 11) is -3.28. The highest BCUT2D eigenvalue weighted by atomic mass is 32.3. The molecule has 0 bridgehead atoms. The molecule has 2 rings (SSSR count). The zero-order valence-corrected chi connectivity index (χ0v) is 9.33. The molecule has 1 fully saturated rings. The lowest BCUT2D eigenvalue weighted by atomic mass is 9.76. The van der Waals surface area contributed by atoms with E-state index in [1.807, 2.05) is 0 Å². The van der Waals surface area contributed by atoms with Crippen molar-refractivity contribution in [1.29, 1.82) is 0 Å². The average molecular weight is 233 g/mol. The van der Waals surface area contributed by atoms with Gasteiger partial charge >= 0.3 is 10.2 Å². The van der Waals surface area contributed by atoms with Gasteiger partial charge in [-0.1, -0.05) is 10.8 Å². The van der Waals surface area contributed by atoms with E-state index in [4.69, 9.17) is 0 Å². The fourth-order valence-electron chi connectivity index (χ4n) is 2.01. The molecule has 5 nitrogen and oxygen atoms in total. The largest absolute Gasteiger partial charge is 0.368 e. The third-order valence-corrected chi connectivity index (χ3v) is 3.62. The Bertz CT molecular complexity index is 476. The molecule has 7 heteroatoms. The Morgan fingerprint density at radius 3 is 2.40 bits per heavy atom. The molecule has 0 aliphatic heterocycles. The first-order chi connectivity index (χ1) is 6.89. The molecule has 1 aromatic heterocycles. The van der Waals surface area contributed by atoms with Gasteiger partial charge in [-0.3, -0.25) is 0 Å². The van der Waals surface area contributed by atoms with E-state index in [9.17, 15) is 12.3 Å². The number of hydrogen-bond acceptors (Lipinski definition) is 4. The fourth-order valence-corrected chi connectivity index (χ4v) is 2.57. The van der Waals surface area contributed by atoms with Crippen LogP contribution in [0.1, 0.15) is 31.5 Å². The van der Waals surface area contributed by atoms with E-state index in [1.54, 1.807) is 0 Å². The molecule has 0 N–H and O–H groups in total. The van der Waals surface area contributed by atoms with Crippen LogP contribution in [0, 0.1) is 5.92 Å². The van der Waals surface area contributed by atoms with Gasteiger partial charge in [0, 0.05) is 13.0 Å². The SMILES string of the molecule is CC1CC(c2nnc(S(=O)(=O)F)n2C)C1. The summed E-state index contributed by atoms with van der Waals surface area (Å²) >= 11 is 0. The van der Waals surface area contributed by atoms with Crippen LogP contribution in [0.15, 0.2) is 5.16 Å². The van der Waals surface area contributed by atoms with Crippen LogP contribution < -0.4 is 0 Å². The van der Waals surface area contributed by atoms with E-state index in [1.165, 1.54) is 11.6 Å². The first kappa shape index (κ1) is 10.5. The summed E-state index contributed by atoms with van der Waals surface area (Å²) in [5.41, 5.74) is 0. The van der Waals surface area contributed by atoms with Crippen LogP contribution in [0.2, 0.25) is 0 Å². The predicted octanol–water partition coefficient (Wildman–Crippen LogP) is 0.987. The van der Waals surface area contributed by atoms with Gasteiger partial charge in [0.15, 0.2) is 0 Å². The van der Waals surface area contributed by atoms with Crippen molar-refractivity contribution in [3.8, 4) is 0 Å². The highest BCUT2D eigenvalue weighted by Gasteiger charge is 2.33. The molecule has 1 saturated carbocycles. The molecule has 0 unspecified atom stereocenters. The maximum atomic E-state index is 12.7. The van der Waals surface area contributed by atoms with E-state index >= 15 is 0 Å². The smallest absolute Gasteiger partial charge is 0.303 e. The van der Waals surface area contributed by atoms with Crippen LogP contribution in [-0.4, -0.2) is 23.2 Å². The Morgan fingerprint density at radius 1 is 1.40 bits per heavy atom. The molecule has 0 saturated heterocycles. The molecule has 1 heterocycles. The topological polar surface area (TPSA) is 64.8 Å². The average Bonchev–Trinajstić information content (AvgIpc) is 2.40. The highest BCUT2D eigenvalue weighted by Crippen LogP contribution is 2.40. The number of rotatable bonds is 2. The summed E-state index contributed by atoms with van der Waals surface area (Å²) in [5, 5.41) is 6.50. The van der Waals surface area contributed by atoms with Crippen molar-refractivity contribution in [3.63, 3.8) is 0 Å². The lowest BCUT2D eigenvalue weighted by Crippen LogP contribution is -2.22. The van der Waals surface area contributed by atoms with Crippen LogP contribution >= 0.6 is 0 Å². The lowest BCUT2D eigenvalue weighted by Gasteiger charge is -2.31. The zero-order chi connectivity index (χ0) is 11.2. The summed E-state index contributed by atoms with van der Waals surface area (Å²) in [5.74, 6) is 1.40. The van der Waals surface area contributed by atoms with Gasteiger partial charge in [-0.25, -0.2) is 0 Å². The Hall–Kier alpha value is -0.980. The molecule has 0 spiro atoms. The van der Waals surface area contributed by atoms with Gasteiger partial charge in [-0.15, -0.1) is 10.2 Å². The second-order valence-corrected chi connectivity index (χ2v) is 5.35. The zero-order valence-electron chi connectivity index (χ0n) is 8.51. The lowest BCUT2D eigenvalue weighted by molar-refractivity contribution is 0.272. The van der Waals surface area contributed by atoms with Crippen LogP contribution in [0.3, 0.4) is 0 Å². The number of halogens is 1. The van der Waals surface area contributed by atoms with Crippen molar-refractivity contribution in [2.24, 2.45) is 13.0 Å². The van der Waals surface area contributed by atoms with E-state index in [0.717, 1.165) is 12.8 Å². The van der Waals surface area contributed by atoms with Crippen LogP contribution in [0.4, 0.5) is 3.89 Å². The molecule has 0 amide bonds. The Kier molecular flexibility index (Phi) is 2.29. The van der Waals surface area contributed by atoms with Crippen LogP contribution in [0.5, 0.6) is 0 Å². The maximum Gasteiger partial charge on any atom is 0.368 e. The van der Waals surface area contributed by atoms with Crippen LogP contribution in [0.25, 0.3) is 0 Å². The molecule has 0 aromatic carbocycles. The highest BCUT2D eigenvalue weighted by molar-refractivity contribution is 7.86. The second-order valence-electron chi connectivity index (χ2n) is 4.11. The molecular weight excluding hydrogens is 221 g/mol. The molecule has 15 heavy (non-hydrogen) atoms. The standard InChI is InChI=1S/C8H12FN3O2S/c1-5-3-6(4-5)7-10-11-8(12(7)2)15(9,13)14/h5-6H,3-4H2,1-2H3. The summed E-state index contributed by atoms with van der Waals surface area (Å²) in [6.45, 7) is 2.11. The Balaban J connectivity index is 2.33. The molecule has 0 atom stereocenters. The summed E-state index contributed by atoms with van der Waals surface area (Å²) in [4.78, 5) is 0. The van der Waals surface area contributed by atoms with Crippen molar-refractivity contribution in [3.05, 3.63) is 5.82 Å². The Labute approximate surface area is 87.5 Å². The molecular formula is C8H12FN3O2S. The van der Waals surface area contributed by atoms with Crippen molar-refractivity contribution in [1.82, 2.24) is 14.8 Å². The van der Waals surface area contributed by atoms with E-state index in [-0.39, 0.29) is 5.92 Å². The quantitative estimate of drug-likeness (QED) is 0.714. The molecule has 1 aliphatic rings. The molecule has 0 radical (unpaired) electrons. The predicted molar refractivity (Wildman–Crippen MR) is 50.4 cm³/mol. The third kappa shape index (κ3) is 1.75. The second kappa shape index (κ2) is 3.26. The minimum absolute atomic E-state index is 0.216.